The highest BCUT2D eigenvalue weighted by atomic mass is 19.4. The van der Waals surface area contributed by atoms with E-state index in [1.807, 2.05) is 30.3 Å². The fraction of sp³-hybridized carbons (Fsp3) is 0.222. The van der Waals surface area contributed by atoms with Crippen molar-refractivity contribution in [3.8, 4) is 0 Å². The molecular weight excluding hydrogens is 469 g/mol. The Morgan fingerprint density at radius 1 is 1.00 bits per heavy atom. The van der Waals surface area contributed by atoms with E-state index in [1.54, 1.807) is 42.7 Å². The molecule has 1 aromatic heterocycles. The fourth-order valence-corrected chi connectivity index (χ4v) is 4.09. The number of amides is 2. The van der Waals surface area contributed by atoms with Gasteiger partial charge in [0.25, 0.3) is 5.56 Å². The van der Waals surface area contributed by atoms with E-state index >= 15 is 0 Å². The molecule has 3 aromatic carbocycles. The third kappa shape index (κ3) is 5.25. The van der Waals surface area contributed by atoms with Crippen molar-refractivity contribution in [1.82, 2.24) is 14.5 Å². The van der Waals surface area contributed by atoms with Gasteiger partial charge in [0.2, 0.25) is 0 Å². The molecule has 0 aliphatic heterocycles. The lowest BCUT2D eigenvalue weighted by Gasteiger charge is -2.29. The first-order valence-corrected chi connectivity index (χ1v) is 11.5. The van der Waals surface area contributed by atoms with Gasteiger partial charge in [0.1, 0.15) is 5.82 Å². The van der Waals surface area contributed by atoms with Gasteiger partial charge in [-0.3, -0.25) is 9.36 Å². The van der Waals surface area contributed by atoms with Crippen molar-refractivity contribution in [1.29, 1.82) is 0 Å². The van der Waals surface area contributed by atoms with Crippen LogP contribution in [-0.4, -0.2) is 27.0 Å². The smallest absolute Gasteiger partial charge is 0.315 e. The van der Waals surface area contributed by atoms with Crippen LogP contribution in [0.15, 0.2) is 83.7 Å². The lowest BCUT2D eigenvalue weighted by molar-refractivity contribution is -0.137. The highest BCUT2D eigenvalue weighted by Crippen LogP contribution is 2.30. The molecule has 0 saturated heterocycles. The van der Waals surface area contributed by atoms with Crippen LogP contribution in [0.2, 0.25) is 0 Å². The topological polar surface area (TPSA) is 67.2 Å². The molecule has 4 aromatic rings. The van der Waals surface area contributed by atoms with Crippen molar-refractivity contribution in [2.75, 3.05) is 11.9 Å². The van der Waals surface area contributed by atoms with Crippen LogP contribution in [0.25, 0.3) is 10.9 Å². The molecule has 1 N–H and O–H groups in total. The van der Waals surface area contributed by atoms with Gasteiger partial charge in [0, 0.05) is 12.2 Å². The van der Waals surface area contributed by atoms with Crippen LogP contribution in [0.1, 0.15) is 36.8 Å². The monoisotopic (exact) mass is 494 g/mol. The summed E-state index contributed by atoms with van der Waals surface area (Å²) in [6, 6.07) is 19.6. The fourth-order valence-electron chi connectivity index (χ4n) is 4.09. The number of hydrogen-bond acceptors (Lipinski definition) is 3. The van der Waals surface area contributed by atoms with Gasteiger partial charge in [0.15, 0.2) is 0 Å². The van der Waals surface area contributed by atoms with E-state index < -0.39 is 23.8 Å². The van der Waals surface area contributed by atoms with Gasteiger partial charge in [-0.1, -0.05) is 42.5 Å². The minimum Gasteiger partial charge on any atom is -0.315 e. The molecule has 36 heavy (non-hydrogen) atoms. The SMILES string of the molecule is CCN(C(=O)Nc1ccc(C(F)(F)F)cc1)C(C)c1nc2ccccc2c(=O)n1Cc1ccccc1. The van der Waals surface area contributed by atoms with Crippen LogP contribution in [-0.2, 0) is 12.7 Å². The van der Waals surface area contributed by atoms with Crippen molar-refractivity contribution in [3.63, 3.8) is 0 Å². The number of anilines is 1. The van der Waals surface area contributed by atoms with Crippen LogP contribution in [0, 0.1) is 0 Å². The molecule has 4 rings (SSSR count). The van der Waals surface area contributed by atoms with Crippen molar-refractivity contribution in [3.05, 3.63) is 106 Å². The number of benzene rings is 3. The van der Waals surface area contributed by atoms with Gasteiger partial charge in [-0.15, -0.1) is 0 Å². The summed E-state index contributed by atoms with van der Waals surface area (Å²) in [6.07, 6.45) is -4.46. The standard InChI is InChI=1S/C27H25F3N4O2/c1-3-33(26(36)31-21-15-13-20(14-16-21)27(28,29)30)18(2)24-32-23-12-8-7-11-22(23)25(35)34(24)17-19-9-5-4-6-10-19/h4-16,18H,3,17H2,1-2H3,(H,31,36). The second-order valence-electron chi connectivity index (χ2n) is 8.33. The molecule has 2 amide bonds. The number of carbonyl (C=O) groups is 1. The summed E-state index contributed by atoms with van der Waals surface area (Å²) >= 11 is 0. The van der Waals surface area contributed by atoms with Gasteiger partial charge < -0.3 is 10.2 Å². The molecule has 0 fully saturated rings. The number of urea groups is 1. The van der Waals surface area contributed by atoms with Gasteiger partial charge in [-0.25, -0.2) is 9.78 Å². The molecule has 0 aliphatic rings. The number of nitrogens with one attached hydrogen (secondary N) is 1. The summed E-state index contributed by atoms with van der Waals surface area (Å²) in [5.74, 6) is 0.409. The highest BCUT2D eigenvalue weighted by molar-refractivity contribution is 5.89. The van der Waals surface area contributed by atoms with E-state index in [0.717, 1.165) is 17.7 Å². The summed E-state index contributed by atoms with van der Waals surface area (Å²) in [5, 5.41) is 3.12. The zero-order chi connectivity index (χ0) is 25.9. The molecule has 0 saturated carbocycles. The normalized spacial score (nSPS) is 12.4. The average molecular weight is 495 g/mol. The Balaban J connectivity index is 1.68. The number of aromatic nitrogens is 2. The summed E-state index contributed by atoms with van der Waals surface area (Å²) in [5.41, 5.74) is 0.638. The van der Waals surface area contributed by atoms with Crippen molar-refractivity contribution < 1.29 is 18.0 Å². The van der Waals surface area contributed by atoms with Crippen molar-refractivity contribution in [2.24, 2.45) is 0 Å². The summed E-state index contributed by atoms with van der Waals surface area (Å²) < 4.78 is 40.2. The van der Waals surface area contributed by atoms with Crippen molar-refractivity contribution in [2.45, 2.75) is 32.6 Å². The predicted octanol–water partition coefficient (Wildman–Crippen LogP) is 6.08. The second-order valence-corrected chi connectivity index (χ2v) is 8.33. The molecule has 0 aliphatic carbocycles. The zero-order valence-corrected chi connectivity index (χ0v) is 19.8. The van der Waals surface area contributed by atoms with E-state index in [4.69, 9.17) is 4.98 Å². The highest BCUT2D eigenvalue weighted by Gasteiger charge is 2.30. The van der Waals surface area contributed by atoms with Crippen LogP contribution in [0.5, 0.6) is 0 Å². The Morgan fingerprint density at radius 3 is 2.28 bits per heavy atom. The van der Waals surface area contributed by atoms with Crippen molar-refractivity contribution >= 4 is 22.6 Å². The number of hydrogen-bond donors (Lipinski definition) is 1. The minimum absolute atomic E-state index is 0.217. The Bertz CT molecular complexity index is 1420. The molecular formula is C27H25F3N4O2. The first-order chi connectivity index (χ1) is 17.2. The number of para-hydroxylation sites is 1. The van der Waals surface area contributed by atoms with E-state index in [1.165, 1.54) is 17.0 Å². The van der Waals surface area contributed by atoms with E-state index in [2.05, 4.69) is 5.32 Å². The third-order valence-corrected chi connectivity index (χ3v) is 5.98. The first-order valence-electron chi connectivity index (χ1n) is 11.5. The maximum absolute atomic E-state index is 13.5. The zero-order valence-electron chi connectivity index (χ0n) is 19.8. The maximum Gasteiger partial charge on any atom is 0.416 e. The first kappa shape index (κ1) is 25.0. The molecule has 1 atom stereocenters. The lowest BCUT2D eigenvalue weighted by atomic mass is 10.1. The molecule has 1 unspecified atom stereocenters. The predicted molar refractivity (Wildman–Crippen MR) is 133 cm³/mol. The Hall–Kier alpha value is -4.14. The molecule has 0 radical (unpaired) electrons. The number of nitrogens with zero attached hydrogens (tertiary/aromatic N) is 3. The Labute approximate surface area is 206 Å². The largest absolute Gasteiger partial charge is 0.416 e. The summed E-state index contributed by atoms with van der Waals surface area (Å²) in [7, 11) is 0. The van der Waals surface area contributed by atoms with E-state index in [-0.39, 0.29) is 24.3 Å². The molecule has 0 bridgehead atoms. The number of fused-ring (bicyclic) bond motifs is 1. The average Bonchev–Trinajstić information content (AvgIpc) is 2.86. The quantitative estimate of drug-likeness (QED) is 0.353. The van der Waals surface area contributed by atoms with Gasteiger partial charge in [-0.2, -0.15) is 13.2 Å². The Kier molecular flexibility index (Phi) is 7.10. The number of rotatable bonds is 6. The summed E-state index contributed by atoms with van der Waals surface area (Å²) in [6.45, 7) is 4.11. The number of carbonyl (C=O) groups excluding carboxylic acids is 1. The van der Waals surface area contributed by atoms with Crippen LogP contribution >= 0.6 is 0 Å². The molecule has 9 heteroatoms. The Morgan fingerprint density at radius 2 is 1.64 bits per heavy atom. The van der Waals surface area contributed by atoms with Crippen LogP contribution in [0.4, 0.5) is 23.7 Å². The second kappa shape index (κ2) is 10.2. The van der Waals surface area contributed by atoms with Gasteiger partial charge >= 0.3 is 12.2 Å². The van der Waals surface area contributed by atoms with E-state index in [0.29, 0.717) is 16.7 Å². The molecule has 0 spiro atoms. The molecule has 186 valence electrons. The maximum atomic E-state index is 13.5. The molecule has 1 heterocycles. The van der Waals surface area contributed by atoms with Gasteiger partial charge in [0.05, 0.1) is 29.1 Å². The van der Waals surface area contributed by atoms with E-state index in [9.17, 15) is 22.8 Å². The van der Waals surface area contributed by atoms with Crippen LogP contribution < -0.4 is 10.9 Å². The minimum atomic E-state index is -4.46. The third-order valence-electron chi connectivity index (χ3n) is 5.98. The number of alkyl halides is 3. The summed E-state index contributed by atoms with van der Waals surface area (Å²) in [4.78, 5) is 32.8. The van der Waals surface area contributed by atoms with Crippen LogP contribution in [0.3, 0.4) is 0 Å². The number of halogens is 3. The molecule has 6 nitrogen and oxygen atoms in total. The lowest BCUT2D eigenvalue weighted by Crippen LogP contribution is -2.40. The van der Waals surface area contributed by atoms with Gasteiger partial charge in [-0.05, 0) is 55.8 Å².